The van der Waals surface area contributed by atoms with Crippen molar-refractivity contribution in [3.8, 4) is 12.3 Å². The zero-order valence-electron chi connectivity index (χ0n) is 10.2. The summed E-state index contributed by atoms with van der Waals surface area (Å²) < 4.78 is 0. The lowest BCUT2D eigenvalue weighted by Crippen LogP contribution is -2.51. The largest absolute Gasteiger partial charge is 0.481 e. The van der Waals surface area contributed by atoms with Gasteiger partial charge in [-0.2, -0.15) is 0 Å². The van der Waals surface area contributed by atoms with Crippen molar-refractivity contribution < 1.29 is 14.7 Å². The van der Waals surface area contributed by atoms with Gasteiger partial charge in [0.15, 0.2) is 0 Å². The van der Waals surface area contributed by atoms with Crippen LogP contribution in [0.4, 0.5) is 4.79 Å². The Bertz CT molecular complexity index is 357. The van der Waals surface area contributed by atoms with Gasteiger partial charge in [-0.05, 0) is 26.7 Å². The second kappa shape index (κ2) is 5.09. The van der Waals surface area contributed by atoms with Gasteiger partial charge in [-0.3, -0.25) is 4.79 Å². The predicted octanol–water partition coefficient (Wildman–Crippen LogP) is 1.05. The Morgan fingerprint density at radius 3 is 2.76 bits per heavy atom. The van der Waals surface area contributed by atoms with E-state index in [1.54, 1.807) is 18.7 Å². The third kappa shape index (κ3) is 3.66. The molecule has 1 saturated heterocycles. The maximum atomic E-state index is 11.9. The number of carboxylic acid groups (broad SMARTS) is 1. The number of amides is 2. The lowest BCUT2D eigenvalue weighted by molar-refractivity contribution is -0.137. The van der Waals surface area contributed by atoms with E-state index in [9.17, 15) is 9.59 Å². The molecule has 0 aliphatic carbocycles. The Morgan fingerprint density at radius 2 is 2.24 bits per heavy atom. The molecule has 1 heterocycles. The van der Waals surface area contributed by atoms with Gasteiger partial charge < -0.3 is 15.3 Å². The molecule has 0 radical (unpaired) electrons. The number of hydrogen-bond donors (Lipinski definition) is 2. The zero-order chi connectivity index (χ0) is 13.1. The fourth-order valence-corrected chi connectivity index (χ4v) is 1.89. The van der Waals surface area contributed by atoms with Gasteiger partial charge in [0.1, 0.15) is 0 Å². The van der Waals surface area contributed by atoms with Crippen molar-refractivity contribution >= 4 is 12.0 Å². The molecule has 2 amide bonds. The summed E-state index contributed by atoms with van der Waals surface area (Å²) in [5, 5.41) is 11.5. The van der Waals surface area contributed by atoms with Crippen LogP contribution in [-0.4, -0.2) is 40.1 Å². The van der Waals surface area contributed by atoms with E-state index in [0.717, 1.165) is 12.8 Å². The highest BCUT2D eigenvalue weighted by molar-refractivity contribution is 5.77. The Labute approximate surface area is 101 Å². The van der Waals surface area contributed by atoms with Crippen molar-refractivity contribution in [2.75, 3.05) is 6.54 Å². The number of rotatable bonds is 3. The zero-order valence-corrected chi connectivity index (χ0v) is 10.2. The third-order valence-electron chi connectivity index (χ3n) is 2.83. The van der Waals surface area contributed by atoms with Crippen LogP contribution in [0.1, 0.15) is 33.1 Å². The maximum absolute atomic E-state index is 11.9. The van der Waals surface area contributed by atoms with E-state index in [1.807, 2.05) is 0 Å². The number of nitrogens with one attached hydrogen (secondary N) is 1. The van der Waals surface area contributed by atoms with Gasteiger partial charge in [-0.15, -0.1) is 6.42 Å². The SMILES string of the molecule is C#CC(C)(C)NC(=O)N1CCCC1CC(=O)O. The lowest BCUT2D eigenvalue weighted by atomic mass is 10.1. The fourth-order valence-electron chi connectivity index (χ4n) is 1.89. The summed E-state index contributed by atoms with van der Waals surface area (Å²) in [5.41, 5.74) is -0.715. The third-order valence-corrected chi connectivity index (χ3v) is 2.83. The topological polar surface area (TPSA) is 69.6 Å². The molecule has 1 aliphatic heterocycles. The minimum atomic E-state index is -0.883. The maximum Gasteiger partial charge on any atom is 0.318 e. The minimum Gasteiger partial charge on any atom is -0.481 e. The molecule has 1 aliphatic rings. The molecule has 94 valence electrons. The van der Waals surface area contributed by atoms with E-state index in [1.165, 1.54) is 0 Å². The smallest absolute Gasteiger partial charge is 0.318 e. The van der Waals surface area contributed by atoms with Gasteiger partial charge in [-0.1, -0.05) is 5.92 Å². The Hall–Kier alpha value is -1.70. The molecular weight excluding hydrogens is 220 g/mol. The van der Waals surface area contributed by atoms with Crippen molar-refractivity contribution in [3.63, 3.8) is 0 Å². The van der Waals surface area contributed by atoms with Crippen LogP contribution < -0.4 is 5.32 Å². The number of carbonyl (C=O) groups excluding carboxylic acids is 1. The van der Waals surface area contributed by atoms with Gasteiger partial charge in [0, 0.05) is 12.6 Å². The molecular formula is C12H18N2O3. The first-order valence-corrected chi connectivity index (χ1v) is 5.64. The van der Waals surface area contributed by atoms with Gasteiger partial charge in [-0.25, -0.2) is 4.79 Å². The summed E-state index contributed by atoms with van der Waals surface area (Å²) >= 11 is 0. The van der Waals surface area contributed by atoms with Crippen LogP contribution >= 0.6 is 0 Å². The molecule has 0 bridgehead atoms. The lowest BCUT2D eigenvalue weighted by Gasteiger charge is -2.28. The molecule has 1 rings (SSSR count). The first-order valence-electron chi connectivity index (χ1n) is 5.64. The second-order valence-electron chi connectivity index (χ2n) is 4.79. The van der Waals surface area contributed by atoms with Crippen LogP contribution in [0.15, 0.2) is 0 Å². The summed E-state index contributed by atoms with van der Waals surface area (Å²) in [6.45, 7) is 4.05. The van der Waals surface area contributed by atoms with Gasteiger partial charge in [0.25, 0.3) is 0 Å². The number of aliphatic carboxylic acids is 1. The van der Waals surface area contributed by atoms with Crippen LogP contribution in [0, 0.1) is 12.3 Å². The monoisotopic (exact) mass is 238 g/mol. The van der Waals surface area contributed by atoms with Gasteiger partial charge in [0.05, 0.1) is 12.0 Å². The number of nitrogens with zero attached hydrogens (tertiary/aromatic N) is 1. The molecule has 0 spiro atoms. The highest BCUT2D eigenvalue weighted by atomic mass is 16.4. The molecule has 1 fully saturated rings. The van der Waals surface area contributed by atoms with E-state index in [0.29, 0.717) is 6.54 Å². The Kier molecular flexibility index (Phi) is 4.00. The normalized spacial score (nSPS) is 19.8. The highest BCUT2D eigenvalue weighted by Gasteiger charge is 2.32. The number of hydrogen-bond acceptors (Lipinski definition) is 2. The van der Waals surface area contributed by atoms with Crippen LogP contribution in [0.3, 0.4) is 0 Å². The minimum absolute atomic E-state index is 0.0100. The van der Waals surface area contributed by atoms with Gasteiger partial charge in [0.2, 0.25) is 0 Å². The van der Waals surface area contributed by atoms with Crippen molar-refractivity contribution in [1.82, 2.24) is 10.2 Å². The van der Waals surface area contributed by atoms with Crippen molar-refractivity contribution in [3.05, 3.63) is 0 Å². The van der Waals surface area contributed by atoms with Crippen LogP contribution in [0.2, 0.25) is 0 Å². The summed E-state index contributed by atoms with van der Waals surface area (Å²) in [5.74, 6) is 1.59. The van der Waals surface area contributed by atoms with Crippen molar-refractivity contribution in [1.29, 1.82) is 0 Å². The first kappa shape index (κ1) is 13.4. The van der Waals surface area contributed by atoms with E-state index < -0.39 is 11.5 Å². The molecule has 0 saturated carbocycles. The predicted molar refractivity (Wildman–Crippen MR) is 63.4 cm³/mol. The standard InChI is InChI=1S/C12H18N2O3/c1-4-12(2,3)13-11(17)14-7-5-6-9(14)8-10(15)16/h1,9H,5-8H2,2-3H3,(H,13,17)(H,15,16). The number of carbonyl (C=O) groups is 2. The van der Waals surface area contributed by atoms with Crippen molar-refractivity contribution in [2.45, 2.75) is 44.7 Å². The molecule has 5 heteroatoms. The summed E-state index contributed by atoms with van der Waals surface area (Å²) in [6, 6.07) is -0.502. The molecule has 0 aromatic rings. The van der Waals surface area contributed by atoms with Crippen LogP contribution in [-0.2, 0) is 4.79 Å². The highest BCUT2D eigenvalue weighted by Crippen LogP contribution is 2.20. The first-order chi connectivity index (χ1) is 7.85. The number of terminal acetylenes is 1. The molecule has 17 heavy (non-hydrogen) atoms. The Morgan fingerprint density at radius 1 is 1.59 bits per heavy atom. The number of urea groups is 1. The van der Waals surface area contributed by atoms with E-state index in [4.69, 9.17) is 11.5 Å². The average Bonchev–Trinajstić information content (AvgIpc) is 2.64. The molecule has 2 N–H and O–H groups in total. The Balaban J connectivity index is 2.63. The molecule has 1 atom stereocenters. The molecule has 0 aromatic heterocycles. The van der Waals surface area contributed by atoms with Crippen molar-refractivity contribution in [2.24, 2.45) is 0 Å². The molecule has 5 nitrogen and oxygen atoms in total. The number of carboxylic acids is 1. The van der Waals surface area contributed by atoms with Crippen LogP contribution in [0.5, 0.6) is 0 Å². The summed E-state index contributed by atoms with van der Waals surface area (Å²) in [6.07, 6.45) is 6.85. The quantitative estimate of drug-likeness (QED) is 0.722. The van der Waals surface area contributed by atoms with E-state index in [-0.39, 0.29) is 18.5 Å². The van der Waals surface area contributed by atoms with Gasteiger partial charge >= 0.3 is 12.0 Å². The molecule has 0 aromatic carbocycles. The van der Waals surface area contributed by atoms with E-state index >= 15 is 0 Å². The summed E-state index contributed by atoms with van der Waals surface area (Å²) in [7, 11) is 0. The second-order valence-corrected chi connectivity index (χ2v) is 4.79. The fraction of sp³-hybridized carbons (Fsp3) is 0.667. The average molecular weight is 238 g/mol. The van der Waals surface area contributed by atoms with E-state index in [2.05, 4.69) is 11.2 Å². The molecule has 1 unspecified atom stereocenters. The van der Waals surface area contributed by atoms with Crippen LogP contribution in [0.25, 0.3) is 0 Å². The summed E-state index contributed by atoms with van der Waals surface area (Å²) in [4.78, 5) is 24.2. The number of likely N-dealkylation sites (tertiary alicyclic amines) is 1.